The molecular formula is C26H32ClN3O3. The number of nitrogens with one attached hydrogen (secondary N) is 1. The number of likely N-dealkylation sites (tertiary alicyclic amines) is 1. The second-order valence-electron chi connectivity index (χ2n) is 9.12. The van der Waals surface area contributed by atoms with Crippen molar-refractivity contribution in [2.45, 2.75) is 38.5 Å². The lowest BCUT2D eigenvalue weighted by atomic mass is 9.92. The lowest BCUT2D eigenvalue weighted by Crippen LogP contribution is -2.37. The van der Waals surface area contributed by atoms with Crippen LogP contribution in [0.2, 0.25) is 5.02 Å². The number of halogens is 1. The molecule has 2 aromatic rings. The van der Waals surface area contributed by atoms with Crippen molar-refractivity contribution in [3.63, 3.8) is 0 Å². The van der Waals surface area contributed by atoms with Gasteiger partial charge in [0, 0.05) is 29.4 Å². The van der Waals surface area contributed by atoms with Crippen molar-refractivity contribution < 1.29 is 14.7 Å². The second-order valence-corrected chi connectivity index (χ2v) is 9.56. The van der Waals surface area contributed by atoms with Gasteiger partial charge < -0.3 is 20.2 Å². The maximum atomic E-state index is 12.5. The predicted molar refractivity (Wildman–Crippen MR) is 133 cm³/mol. The van der Waals surface area contributed by atoms with E-state index in [0.717, 1.165) is 31.6 Å². The molecule has 0 unspecified atom stereocenters. The summed E-state index contributed by atoms with van der Waals surface area (Å²) in [6, 6.07) is 11.7. The summed E-state index contributed by atoms with van der Waals surface area (Å²) in [6.07, 6.45) is 7.42. The number of benzene rings is 2. The molecule has 0 atom stereocenters. The van der Waals surface area contributed by atoms with E-state index in [4.69, 9.17) is 11.6 Å². The Morgan fingerprint density at radius 2 is 1.67 bits per heavy atom. The van der Waals surface area contributed by atoms with Gasteiger partial charge in [-0.25, -0.2) is 4.79 Å². The van der Waals surface area contributed by atoms with Gasteiger partial charge in [0.05, 0.1) is 11.3 Å². The highest BCUT2D eigenvalue weighted by molar-refractivity contribution is 6.30. The Morgan fingerprint density at radius 1 is 0.970 bits per heavy atom. The highest BCUT2D eigenvalue weighted by Gasteiger charge is 2.24. The molecular weight excluding hydrogens is 438 g/mol. The summed E-state index contributed by atoms with van der Waals surface area (Å²) >= 11 is 5.88. The molecule has 6 nitrogen and oxygen atoms in total. The zero-order valence-electron chi connectivity index (χ0n) is 18.9. The molecule has 0 saturated carbocycles. The van der Waals surface area contributed by atoms with Crippen LogP contribution in [0.1, 0.15) is 59.2 Å². The quantitative estimate of drug-likeness (QED) is 0.569. The van der Waals surface area contributed by atoms with Crippen LogP contribution in [0, 0.1) is 5.92 Å². The molecule has 176 valence electrons. The van der Waals surface area contributed by atoms with E-state index in [1.807, 2.05) is 6.07 Å². The number of carbonyl (C=O) groups is 2. The van der Waals surface area contributed by atoms with Gasteiger partial charge in [-0.3, -0.25) is 4.79 Å². The Kier molecular flexibility index (Phi) is 7.89. The molecule has 0 spiro atoms. The molecule has 0 aliphatic carbocycles. The van der Waals surface area contributed by atoms with Crippen molar-refractivity contribution in [2.24, 2.45) is 5.92 Å². The van der Waals surface area contributed by atoms with Crippen molar-refractivity contribution in [3.05, 3.63) is 58.6 Å². The molecule has 2 aliphatic rings. The standard InChI is InChI=1S/C26H32ClN3O3/c27-21-6-4-20(5-7-21)25(31)28-22-8-9-24(23(18-22)26(32)33)30-16-11-19(12-17-30)10-15-29-13-2-1-3-14-29/h4-9,18-19H,1-3,10-17H2,(H,28,31)(H,32,33). The fourth-order valence-electron chi connectivity index (χ4n) is 4.88. The highest BCUT2D eigenvalue weighted by atomic mass is 35.5. The summed E-state index contributed by atoms with van der Waals surface area (Å²) in [5.41, 5.74) is 1.87. The summed E-state index contributed by atoms with van der Waals surface area (Å²) in [5, 5.41) is 13.2. The average molecular weight is 470 g/mol. The molecule has 2 N–H and O–H groups in total. The van der Waals surface area contributed by atoms with Gasteiger partial charge in [-0.15, -0.1) is 0 Å². The topological polar surface area (TPSA) is 72.9 Å². The van der Waals surface area contributed by atoms with Gasteiger partial charge in [0.1, 0.15) is 0 Å². The lowest BCUT2D eigenvalue weighted by molar-refractivity contribution is 0.0697. The number of aromatic carboxylic acids is 1. The minimum atomic E-state index is -0.986. The number of carboxylic acids is 1. The van der Waals surface area contributed by atoms with Crippen LogP contribution in [-0.2, 0) is 0 Å². The van der Waals surface area contributed by atoms with Gasteiger partial charge in [0.25, 0.3) is 5.91 Å². The second kappa shape index (κ2) is 11.0. The molecule has 7 heteroatoms. The molecule has 2 heterocycles. The minimum absolute atomic E-state index is 0.218. The largest absolute Gasteiger partial charge is 0.478 e. The first-order valence-electron chi connectivity index (χ1n) is 11.9. The number of anilines is 2. The van der Waals surface area contributed by atoms with E-state index in [9.17, 15) is 14.7 Å². The van der Waals surface area contributed by atoms with E-state index in [2.05, 4.69) is 15.1 Å². The van der Waals surface area contributed by atoms with Crippen LogP contribution in [0.25, 0.3) is 0 Å². The van der Waals surface area contributed by atoms with Crippen LogP contribution < -0.4 is 10.2 Å². The van der Waals surface area contributed by atoms with E-state index in [1.54, 1.807) is 36.4 Å². The Bertz CT molecular complexity index is 965. The van der Waals surface area contributed by atoms with Crippen molar-refractivity contribution >= 4 is 34.9 Å². The van der Waals surface area contributed by atoms with Crippen LogP contribution in [-0.4, -0.2) is 54.6 Å². The van der Waals surface area contributed by atoms with Crippen molar-refractivity contribution in [1.82, 2.24) is 4.90 Å². The monoisotopic (exact) mass is 469 g/mol. The zero-order chi connectivity index (χ0) is 23.2. The van der Waals surface area contributed by atoms with Gasteiger partial charge in [-0.1, -0.05) is 18.0 Å². The lowest BCUT2D eigenvalue weighted by Gasteiger charge is -2.35. The number of carbonyl (C=O) groups excluding carboxylic acids is 1. The first kappa shape index (κ1) is 23.6. The van der Waals surface area contributed by atoms with Crippen molar-refractivity contribution in [3.8, 4) is 0 Å². The molecule has 2 saturated heterocycles. The number of nitrogens with zero attached hydrogens (tertiary/aromatic N) is 2. The van der Waals surface area contributed by atoms with E-state index >= 15 is 0 Å². The Labute approximate surface area is 200 Å². The van der Waals surface area contributed by atoms with Gasteiger partial charge >= 0.3 is 5.97 Å². The Hall–Kier alpha value is -2.57. The molecule has 0 bridgehead atoms. The van der Waals surface area contributed by atoms with E-state index in [1.165, 1.54) is 45.3 Å². The van der Waals surface area contributed by atoms with Gasteiger partial charge in [0.15, 0.2) is 0 Å². The third kappa shape index (κ3) is 6.27. The summed E-state index contributed by atoms with van der Waals surface area (Å²) in [6.45, 7) is 5.39. The molecule has 33 heavy (non-hydrogen) atoms. The highest BCUT2D eigenvalue weighted by Crippen LogP contribution is 2.30. The van der Waals surface area contributed by atoms with E-state index in [-0.39, 0.29) is 11.5 Å². The maximum absolute atomic E-state index is 12.5. The number of amides is 1. The van der Waals surface area contributed by atoms with Crippen LogP contribution in [0.5, 0.6) is 0 Å². The third-order valence-corrected chi connectivity index (χ3v) is 7.10. The number of hydrogen-bond acceptors (Lipinski definition) is 4. The normalized spacial score (nSPS) is 17.7. The minimum Gasteiger partial charge on any atom is -0.478 e. The number of rotatable bonds is 7. The fourth-order valence-corrected chi connectivity index (χ4v) is 5.00. The molecule has 0 aromatic heterocycles. The SMILES string of the molecule is O=C(Nc1ccc(N2CCC(CCN3CCCCC3)CC2)c(C(=O)O)c1)c1ccc(Cl)cc1. The Morgan fingerprint density at radius 3 is 2.33 bits per heavy atom. The van der Waals surface area contributed by atoms with E-state index in [0.29, 0.717) is 22.2 Å². The number of piperidine rings is 2. The first-order valence-corrected chi connectivity index (χ1v) is 12.3. The molecule has 2 aliphatic heterocycles. The van der Waals surface area contributed by atoms with Crippen LogP contribution >= 0.6 is 11.6 Å². The maximum Gasteiger partial charge on any atom is 0.337 e. The summed E-state index contributed by atoms with van der Waals surface area (Å²) < 4.78 is 0. The summed E-state index contributed by atoms with van der Waals surface area (Å²) in [7, 11) is 0. The van der Waals surface area contributed by atoms with Crippen molar-refractivity contribution in [1.29, 1.82) is 0 Å². The fraction of sp³-hybridized carbons (Fsp3) is 0.462. The summed E-state index contributed by atoms with van der Waals surface area (Å²) in [5.74, 6) is -0.584. The van der Waals surface area contributed by atoms with Gasteiger partial charge in [-0.05, 0) is 100 Å². The van der Waals surface area contributed by atoms with Crippen LogP contribution in [0.15, 0.2) is 42.5 Å². The molecule has 2 aromatic carbocycles. The van der Waals surface area contributed by atoms with Gasteiger partial charge in [0.2, 0.25) is 0 Å². The number of hydrogen-bond donors (Lipinski definition) is 2. The molecule has 4 rings (SSSR count). The third-order valence-electron chi connectivity index (χ3n) is 6.85. The van der Waals surface area contributed by atoms with Gasteiger partial charge in [-0.2, -0.15) is 0 Å². The smallest absolute Gasteiger partial charge is 0.337 e. The van der Waals surface area contributed by atoms with Crippen LogP contribution in [0.4, 0.5) is 11.4 Å². The number of carboxylic acid groups (broad SMARTS) is 1. The van der Waals surface area contributed by atoms with E-state index < -0.39 is 5.97 Å². The molecule has 1 amide bonds. The molecule has 2 fully saturated rings. The predicted octanol–water partition coefficient (Wildman–Crippen LogP) is 5.38. The molecule has 0 radical (unpaired) electrons. The van der Waals surface area contributed by atoms with Crippen molar-refractivity contribution in [2.75, 3.05) is 42.9 Å². The zero-order valence-corrected chi connectivity index (χ0v) is 19.7. The summed E-state index contributed by atoms with van der Waals surface area (Å²) in [4.78, 5) is 29.2. The van der Waals surface area contributed by atoms with Crippen LogP contribution in [0.3, 0.4) is 0 Å². The Balaban J connectivity index is 1.36. The average Bonchev–Trinajstić information content (AvgIpc) is 2.84. The first-order chi connectivity index (χ1) is 16.0.